The first-order valence-electron chi connectivity index (χ1n) is 5.08. The Bertz CT molecular complexity index is 309. The molecule has 1 unspecified atom stereocenters. The Balaban J connectivity index is 2.33. The molecule has 0 fully saturated rings. The van der Waals surface area contributed by atoms with Gasteiger partial charge < -0.3 is 10.4 Å². The van der Waals surface area contributed by atoms with E-state index in [1.165, 1.54) is 5.56 Å². The zero-order valence-electron chi connectivity index (χ0n) is 9.38. The number of hydrogen-bond acceptors (Lipinski definition) is 3. The minimum absolute atomic E-state index is 0.263. The maximum atomic E-state index is 10.0. The molecule has 0 radical (unpaired) electrons. The first-order valence-corrected chi connectivity index (χ1v) is 6.75. The number of rotatable bonds is 5. The lowest BCUT2D eigenvalue weighted by molar-refractivity contribution is 0.0140. The molecule has 15 heavy (non-hydrogen) atoms. The highest BCUT2D eigenvalue weighted by atomic mass is 79.9. The second kappa shape index (κ2) is 5.43. The second-order valence-corrected chi connectivity index (χ2v) is 6.66. The van der Waals surface area contributed by atoms with Crippen molar-refractivity contribution in [2.75, 3.05) is 6.54 Å². The maximum Gasteiger partial charge on any atom is 0.0766 e. The average Bonchev–Trinajstić information content (AvgIpc) is 2.51. The van der Waals surface area contributed by atoms with Gasteiger partial charge in [-0.05, 0) is 45.8 Å². The summed E-state index contributed by atoms with van der Waals surface area (Å²) in [6.07, 6.45) is 0. The van der Waals surface area contributed by atoms with Crippen LogP contribution in [0.25, 0.3) is 0 Å². The SMILES string of the molecule is CC(C)C(C)(O)CNCc1csc(Br)c1. The predicted molar refractivity (Wildman–Crippen MR) is 69.2 cm³/mol. The molecular formula is C11H18BrNOS. The maximum absolute atomic E-state index is 10.0. The Hall–Kier alpha value is 0.100. The summed E-state index contributed by atoms with van der Waals surface area (Å²) in [4.78, 5) is 0. The van der Waals surface area contributed by atoms with Crippen molar-refractivity contribution in [1.82, 2.24) is 5.32 Å². The molecule has 1 heterocycles. The highest BCUT2D eigenvalue weighted by Crippen LogP contribution is 2.20. The standard InChI is InChI=1S/C11H18BrNOS/c1-8(2)11(3,14)7-13-5-9-4-10(12)15-6-9/h4,6,8,13-14H,5,7H2,1-3H3. The summed E-state index contributed by atoms with van der Waals surface area (Å²) in [6.45, 7) is 7.36. The lowest BCUT2D eigenvalue weighted by Crippen LogP contribution is -2.41. The fourth-order valence-electron chi connectivity index (χ4n) is 1.10. The second-order valence-electron chi connectivity index (χ2n) is 4.37. The molecule has 0 spiro atoms. The summed E-state index contributed by atoms with van der Waals surface area (Å²) in [5.41, 5.74) is 0.624. The molecular weight excluding hydrogens is 274 g/mol. The van der Waals surface area contributed by atoms with Crippen LogP contribution in [0.5, 0.6) is 0 Å². The largest absolute Gasteiger partial charge is 0.389 e. The van der Waals surface area contributed by atoms with E-state index in [-0.39, 0.29) is 5.92 Å². The van der Waals surface area contributed by atoms with Gasteiger partial charge in [0.1, 0.15) is 0 Å². The molecule has 0 aromatic carbocycles. The summed E-state index contributed by atoms with van der Waals surface area (Å²) in [5.74, 6) is 0.263. The van der Waals surface area contributed by atoms with Crippen LogP contribution in [0.1, 0.15) is 26.3 Å². The minimum atomic E-state index is -0.632. The van der Waals surface area contributed by atoms with Crippen molar-refractivity contribution in [2.45, 2.75) is 32.9 Å². The van der Waals surface area contributed by atoms with Crippen molar-refractivity contribution in [3.8, 4) is 0 Å². The van der Waals surface area contributed by atoms with E-state index in [9.17, 15) is 5.11 Å². The third kappa shape index (κ3) is 4.23. The van der Waals surface area contributed by atoms with E-state index in [1.54, 1.807) is 11.3 Å². The normalized spacial score (nSPS) is 15.6. The molecule has 0 amide bonds. The molecule has 2 N–H and O–H groups in total. The molecule has 1 aromatic heterocycles. The Labute approximate surface area is 104 Å². The lowest BCUT2D eigenvalue weighted by Gasteiger charge is -2.27. The molecule has 0 saturated heterocycles. The summed E-state index contributed by atoms with van der Waals surface area (Å²) < 4.78 is 1.15. The van der Waals surface area contributed by atoms with Gasteiger partial charge in [0.2, 0.25) is 0 Å². The molecule has 0 bridgehead atoms. The average molecular weight is 292 g/mol. The van der Waals surface area contributed by atoms with E-state index >= 15 is 0 Å². The predicted octanol–water partition coefficient (Wildman–Crippen LogP) is 3.01. The topological polar surface area (TPSA) is 32.3 Å². The zero-order valence-corrected chi connectivity index (χ0v) is 11.8. The third-order valence-electron chi connectivity index (χ3n) is 2.68. The first kappa shape index (κ1) is 13.2. The number of thiophene rings is 1. The van der Waals surface area contributed by atoms with Gasteiger partial charge >= 0.3 is 0 Å². The van der Waals surface area contributed by atoms with Crippen LogP contribution >= 0.6 is 27.3 Å². The summed E-state index contributed by atoms with van der Waals surface area (Å²) in [7, 11) is 0. The van der Waals surface area contributed by atoms with Crippen molar-refractivity contribution in [2.24, 2.45) is 5.92 Å². The molecule has 0 aliphatic heterocycles. The van der Waals surface area contributed by atoms with Crippen LogP contribution in [-0.2, 0) is 6.54 Å². The van der Waals surface area contributed by atoms with Crippen LogP contribution in [0, 0.1) is 5.92 Å². The van der Waals surface area contributed by atoms with Crippen molar-refractivity contribution >= 4 is 27.3 Å². The van der Waals surface area contributed by atoms with Gasteiger partial charge in [-0.3, -0.25) is 0 Å². The Kier molecular flexibility index (Phi) is 4.77. The molecule has 0 saturated carbocycles. The van der Waals surface area contributed by atoms with E-state index in [4.69, 9.17) is 0 Å². The number of halogens is 1. The highest BCUT2D eigenvalue weighted by molar-refractivity contribution is 9.11. The van der Waals surface area contributed by atoms with E-state index in [0.717, 1.165) is 10.3 Å². The van der Waals surface area contributed by atoms with Crippen molar-refractivity contribution in [3.05, 3.63) is 20.8 Å². The van der Waals surface area contributed by atoms with E-state index in [0.29, 0.717) is 6.54 Å². The van der Waals surface area contributed by atoms with E-state index in [1.807, 2.05) is 20.8 Å². The van der Waals surface area contributed by atoms with Crippen LogP contribution in [0.4, 0.5) is 0 Å². The highest BCUT2D eigenvalue weighted by Gasteiger charge is 2.23. The monoisotopic (exact) mass is 291 g/mol. The van der Waals surface area contributed by atoms with Gasteiger partial charge in [-0.15, -0.1) is 11.3 Å². The van der Waals surface area contributed by atoms with Crippen LogP contribution in [-0.4, -0.2) is 17.3 Å². The quantitative estimate of drug-likeness (QED) is 0.874. The Morgan fingerprint density at radius 2 is 2.27 bits per heavy atom. The zero-order chi connectivity index (χ0) is 11.5. The van der Waals surface area contributed by atoms with Gasteiger partial charge in [0.05, 0.1) is 9.39 Å². The molecule has 86 valence electrons. The number of aliphatic hydroxyl groups is 1. The number of nitrogens with one attached hydrogen (secondary N) is 1. The van der Waals surface area contributed by atoms with E-state index < -0.39 is 5.60 Å². The van der Waals surface area contributed by atoms with Gasteiger partial charge in [0.15, 0.2) is 0 Å². The van der Waals surface area contributed by atoms with Crippen LogP contribution in [0.2, 0.25) is 0 Å². The molecule has 1 atom stereocenters. The van der Waals surface area contributed by atoms with Crippen molar-refractivity contribution < 1.29 is 5.11 Å². The molecule has 0 aliphatic carbocycles. The number of hydrogen-bond donors (Lipinski definition) is 2. The summed E-state index contributed by atoms with van der Waals surface area (Å²) in [5, 5.41) is 15.4. The molecule has 2 nitrogen and oxygen atoms in total. The molecule has 1 aromatic rings. The van der Waals surface area contributed by atoms with E-state index in [2.05, 4.69) is 32.7 Å². The van der Waals surface area contributed by atoms with Gasteiger partial charge in [-0.1, -0.05) is 13.8 Å². The fraction of sp³-hybridized carbons (Fsp3) is 0.636. The third-order valence-corrected chi connectivity index (χ3v) is 4.23. The van der Waals surface area contributed by atoms with Crippen molar-refractivity contribution in [1.29, 1.82) is 0 Å². The van der Waals surface area contributed by atoms with Gasteiger partial charge in [0, 0.05) is 13.1 Å². The first-order chi connectivity index (χ1) is 6.92. The lowest BCUT2D eigenvalue weighted by atomic mass is 9.92. The minimum Gasteiger partial charge on any atom is -0.389 e. The Morgan fingerprint density at radius 3 is 2.73 bits per heavy atom. The van der Waals surface area contributed by atoms with Crippen LogP contribution < -0.4 is 5.32 Å². The smallest absolute Gasteiger partial charge is 0.0766 e. The van der Waals surface area contributed by atoms with Crippen molar-refractivity contribution in [3.63, 3.8) is 0 Å². The van der Waals surface area contributed by atoms with Crippen LogP contribution in [0.3, 0.4) is 0 Å². The van der Waals surface area contributed by atoms with Crippen LogP contribution in [0.15, 0.2) is 15.2 Å². The fourth-order valence-corrected chi connectivity index (χ4v) is 2.31. The van der Waals surface area contributed by atoms with Gasteiger partial charge in [-0.2, -0.15) is 0 Å². The van der Waals surface area contributed by atoms with Gasteiger partial charge in [-0.25, -0.2) is 0 Å². The summed E-state index contributed by atoms with van der Waals surface area (Å²) in [6, 6.07) is 2.10. The molecule has 1 rings (SSSR count). The summed E-state index contributed by atoms with van der Waals surface area (Å²) >= 11 is 5.11. The Morgan fingerprint density at radius 1 is 1.60 bits per heavy atom. The van der Waals surface area contributed by atoms with Gasteiger partial charge in [0.25, 0.3) is 0 Å². The molecule has 4 heteroatoms. The molecule has 0 aliphatic rings.